The van der Waals surface area contributed by atoms with Gasteiger partial charge in [-0.2, -0.15) is 0 Å². The molecule has 0 aliphatic rings. The van der Waals surface area contributed by atoms with Crippen LogP contribution in [-0.2, 0) is 32.0 Å². The minimum absolute atomic E-state index is 0.124. The standard InChI is InChI=1S/C32H37BrF2N6O5S2/c1-7-47(43,44)41(32-38-28(19(4)5)26(17-42)30(39-32)22-10-14-24(35)15-11-22)20(6)48(45,46)40-31-36-27(18(2)3)25(16-33)29(37-31)21-8-12-23(34)13-9-21/h8-15,18-20,42H,7,16-17H2,1-6H3,(H,36,37,40). The molecule has 0 aliphatic heterocycles. The molecule has 4 rings (SSSR count). The monoisotopic (exact) mass is 766 g/mol. The van der Waals surface area contributed by atoms with E-state index >= 15 is 0 Å². The first-order chi connectivity index (χ1) is 22.5. The van der Waals surface area contributed by atoms with E-state index in [1.165, 1.54) is 62.4 Å². The van der Waals surface area contributed by atoms with Crippen LogP contribution in [0.1, 0.15) is 75.9 Å². The highest BCUT2D eigenvalue weighted by molar-refractivity contribution is 9.08. The van der Waals surface area contributed by atoms with Crippen molar-refractivity contribution in [3.05, 3.63) is 82.7 Å². The number of anilines is 2. The maximum absolute atomic E-state index is 14.0. The van der Waals surface area contributed by atoms with Crippen LogP contribution in [-0.4, -0.2) is 53.0 Å². The Bertz CT molecular complexity index is 2000. The SMILES string of the molecule is CCS(=O)(=O)N(c1nc(-c2ccc(F)cc2)c(CO)c(C(C)C)n1)C(C)S(=O)(=O)Nc1nc(-c2ccc(F)cc2)c(CBr)c(C(C)C)n1. The number of aliphatic hydroxyl groups is 1. The summed E-state index contributed by atoms with van der Waals surface area (Å²) < 4.78 is 85.9. The van der Waals surface area contributed by atoms with E-state index in [0.29, 0.717) is 37.7 Å². The Morgan fingerprint density at radius 2 is 1.25 bits per heavy atom. The number of benzene rings is 2. The van der Waals surface area contributed by atoms with Crippen LogP contribution in [0.25, 0.3) is 22.5 Å². The molecule has 0 amide bonds. The van der Waals surface area contributed by atoms with Crippen molar-refractivity contribution in [2.24, 2.45) is 0 Å². The summed E-state index contributed by atoms with van der Waals surface area (Å²) >= 11 is 3.46. The predicted molar refractivity (Wildman–Crippen MR) is 186 cm³/mol. The molecule has 258 valence electrons. The highest BCUT2D eigenvalue weighted by Crippen LogP contribution is 2.34. The Balaban J connectivity index is 1.89. The number of aliphatic hydroxyl groups excluding tert-OH is 1. The fourth-order valence-corrected chi connectivity index (χ4v) is 8.27. The quantitative estimate of drug-likeness (QED) is 0.146. The molecule has 2 N–H and O–H groups in total. The van der Waals surface area contributed by atoms with E-state index in [0.717, 1.165) is 0 Å². The number of rotatable bonds is 13. The molecule has 0 bridgehead atoms. The number of sulfonamides is 2. The summed E-state index contributed by atoms with van der Waals surface area (Å²) in [7, 11) is -8.99. The van der Waals surface area contributed by atoms with Gasteiger partial charge in [-0.25, -0.2) is 54.6 Å². The van der Waals surface area contributed by atoms with Gasteiger partial charge in [-0.3, -0.25) is 0 Å². The highest BCUT2D eigenvalue weighted by atomic mass is 79.9. The average Bonchev–Trinajstić information content (AvgIpc) is 3.04. The van der Waals surface area contributed by atoms with Crippen LogP contribution in [0.3, 0.4) is 0 Å². The molecule has 2 aromatic heterocycles. The zero-order valence-corrected chi connectivity index (χ0v) is 30.5. The molecule has 0 fully saturated rings. The normalized spacial score (nSPS) is 12.8. The molecule has 48 heavy (non-hydrogen) atoms. The molecule has 0 saturated carbocycles. The molecule has 0 spiro atoms. The lowest BCUT2D eigenvalue weighted by Gasteiger charge is -2.29. The van der Waals surface area contributed by atoms with Gasteiger partial charge in [0.2, 0.25) is 21.9 Å². The van der Waals surface area contributed by atoms with Gasteiger partial charge < -0.3 is 5.11 Å². The Morgan fingerprint density at radius 3 is 1.69 bits per heavy atom. The van der Waals surface area contributed by atoms with Crippen LogP contribution in [0.5, 0.6) is 0 Å². The number of aromatic nitrogens is 4. The van der Waals surface area contributed by atoms with Gasteiger partial charge in [0, 0.05) is 27.6 Å². The van der Waals surface area contributed by atoms with Crippen LogP contribution < -0.4 is 9.03 Å². The number of alkyl halides is 1. The third-order valence-corrected chi connectivity index (χ3v) is 11.6. The molecule has 1 atom stereocenters. The van der Waals surface area contributed by atoms with Crippen molar-refractivity contribution in [1.82, 2.24) is 19.9 Å². The maximum atomic E-state index is 14.0. The van der Waals surface area contributed by atoms with E-state index < -0.39 is 55.4 Å². The molecular weight excluding hydrogens is 730 g/mol. The number of halogens is 3. The molecule has 2 heterocycles. The fourth-order valence-electron chi connectivity index (χ4n) is 5.06. The Morgan fingerprint density at radius 1 is 0.771 bits per heavy atom. The fraction of sp³-hybridized carbons (Fsp3) is 0.375. The third kappa shape index (κ3) is 7.82. The second-order valence-corrected chi connectivity index (χ2v) is 16.2. The summed E-state index contributed by atoms with van der Waals surface area (Å²) in [5.41, 5.74) is 3.15. The van der Waals surface area contributed by atoms with Crippen molar-refractivity contribution in [1.29, 1.82) is 0 Å². The Labute approximate surface area is 288 Å². The molecule has 0 saturated heterocycles. The van der Waals surface area contributed by atoms with E-state index in [-0.39, 0.29) is 34.7 Å². The largest absolute Gasteiger partial charge is 0.392 e. The van der Waals surface area contributed by atoms with Crippen molar-refractivity contribution in [2.45, 2.75) is 70.7 Å². The van der Waals surface area contributed by atoms with E-state index in [1.54, 1.807) is 13.8 Å². The van der Waals surface area contributed by atoms with Crippen LogP contribution >= 0.6 is 15.9 Å². The van der Waals surface area contributed by atoms with Crippen LogP contribution in [0.4, 0.5) is 20.7 Å². The average molecular weight is 768 g/mol. The summed E-state index contributed by atoms with van der Waals surface area (Å²) in [6.45, 7) is 9.32. The van der Waals surface area contributed by atoms with E-state index in [9.17, 15) is 30.7 Å². The molecule has 0 aliphatic carbocycles. The first-order valence-electron chi connectivity index (χ1n) is 15.1. The van der Waals surface area contributed by atoms with Gasteiger partial charge in [0.25, 0.3) is 10.0 Å². The number of hydrogen-bond acceptors (Lipinski definition) is 9. The van der Waals surface area contributed by atoms with Crippen molar-refractivity contribution >= 4 is 47.9 Å². The first-order valence-corrected chi connectivity index (χ1v) is 19.4. The van der Waals surface area contributed by atoms with Crippen molar-refractivity contribution in [3.8, 4) is 22.5 Å². The number of nitrogens with one attached hydrogen (secondary N) is 1. The predicted octanol–water partition coefficient (Wildman–Crippen LogP) is 6.46. The van der Waals surface area contributed by atoms with E-state index in [4.69, 9.17) is 0 Å². The maximum Gasteiger partial charge on any atom is 0.257 e. The molecule has 2 aromatic carbocycles. The second kappa shape index (κ2) is 14.9. The molecule has 16 heteroatoms. The molecule has 0 radical (unpaired) electrons. The zero-order valence-electron chi connectivity index (χ0n) is 27.2. The zero-order chi connectivity index (χ0) is 35.6. The van der Waals surface area contributed by atoms with Gasteiger partial charge in [-0.15, -0.1) is 0 Å². The first kappa shape index (κ1) is 37.2. The van der Waals surface area contributed by atoms with E-state index in [1.807, 2.05) is 13.8 Å². The molecule has 11 nitrogen and oxygen atoms in total. The van der Waals surface area contributed by atoms with Crippen molar-refractivity contribution in [2.75, 3.05) is 14.8 Å². The molecule has 1 unspecified atom stereocenters. The number of hydrogen-bond donors (Lipinski definition) is 2. The van der Waals surface area contributed by atoms with Gasteiger partial charge in [0.05, 0.1) is 35.1 Å². The third-order valence-electron chi connectivity index (χ3n) is 7.56. The van der Waals surface area contributed by atoms with Crippen molar-refractivity contribution < 1.29 is 30.7 Å². The summed E-state index contributed by atoms with van der Waals surface area (Å²) in [6, 6.07) is 10.8. The van der Waals surface area contributed by atoms with Gasteiger partial charge in [0.15, 0.2) is 5.37 Å². The Hall–Kier alpha value is -3.60. The van der Waals surface area contributed by atoms with Crippen LogP contribution in [0.2, 0.25) is 0 Å². The lowest BCUT2D eigenvalue weighted by molar-refractivity contribution is 0.279. The second-order valence-electron chi connectivity index (χ2n) is 11.6. The minimum atomic E-state index is -4.63. The molecular formula is C32H37BrF2N6O5S2. The van der Waals surface area contributed by atoms with Crippen LogP contribution in [0.15, 0.2) is 48.5 Å². The van der Waals surface area contributed by atoms with Gasteiger partial charge in [-0.05, 0) is 74.2 Å². The summed E-state index contributed by atoms with van der Waals surface area (Å²) in [5.74, 6) is -2.74. The van der Waals surface area contributed by atoms with Crippen molar-refractivity contribution in [3.63, 3.8) is 0 Å². The highest BCUT2D eigenvalue weighted by Gasteiger charge is 2.38. The van der Waals surface area contributed by atoms with Gasteiger partial charge in [-0.1, -0.05) is 43.6 Å². The lowest BCUT2D eigenvalue weighted by Crippen LogP contribution is -2.47. The topological polar surface area (TPSA) is 155 Å². The smallest absolute Gasteiger partial charge is 0.257 e. The minimum Gasteiger partial charge on any atom is -0.392 e. The lowest BCUT2D eigenvalue weighted by atomic mass is 9.99. The summed E-state index contributed by atoms with van der Waals surface area (Å²) in [5, 5.41) is 8.80. The Kier molecular flexibility index (Phi) is 11.5. The van der Waals surface area contributed by atoms with Gasteiger partial charge >= 0.3 is 0 Å². The van der Waals surface area contributed by atoms with Gasteiger partial charge in [0.1, 0.15) is 11.6 Å². The van der Waals surface area contributed by atoms with E-state index in [2.05, 4.69) is 40.6 Å². The number of nitrogens with zero attached hydrogens (tertiary/aromatic N) is 5. The summed E-state index contributed by atoms with van der Waals surface area (Å²) in [6.07, 6.45) is 0. The summed E-state index contributed by atoms with van der Waals surface area (Å²) in [4.78, 5) is 17.9. The molecule has 4 aromatic rings. The van der Waals surface area contributed by atoms with Crippen LogP contribution in [0, 0.1) is 11.6 Å².